The van der Waals surface area contributed by atoms with Crippen LogP contribution in [0.15, 0.2) is 121 Å². The number of pyridine rings is 1. The van der Waals surface area contributed by atoms with E-state index < -0.39 is 0 Å². The molecule has 0 saturated heterocycles. The highest BCUT2D eigenvalue weighted by Gasteiger charge is 2.54. The van der Waals surface area contributed by atoms with Crippen LogP contribution in [-0.2, 0) is 16.2 Å². The van der Waals surface area contributed by atoms with E-state index >= 15 is 0 Å². The maximum absolute atomic E-state index is 5.07. The molecule has 0 amide bonds. The van der Waals surface area contributed by atoms with Crippen molar-refractivity contribution >= 4 is 57.9 Å². The van der Waals surface area contributed by atoms with Crippen LogP contribution in [0.2, 0.25) is 0 Å². The van der Waals surface area contributed by atoms with Gasteiger partial charge in [-0.05, 0) is 111 Å². The van der Waals surface area contributed by atoms with E-state index in [1.165, 1.54) is 89.5 Å². The Balaban J connectivity index is 1.36. The Bertz CT molecular complexity index is 2590. The highest BCUT2D eigenvalue weighted by molar-refractivity contribution is 6.84. The number of hydrogen-bond donors (Lipinski definition) is 0. The summed E-state index contributed by atoms with van der Waals surface area (Å²) in [5, 5.41) is 0. The lowest BCUT2D eigenvalue weighted by Gasteiger charge is -2.40. The molecule has 0 radical (unpaired) electrons. The number of para-hydroxylation sites is 1. The molecule has 5 aromatic carbocycles. The molecular weight excluding hydrogens is 677 g/mol. The Morgan fingerprint density at radius 3 is 1.91 bits per heavy atom. The van der Waals surface area contributed by atoms with E-state index in [1.54, 1.807) is 0 Å². The Morgan fingerprint density at radius 1 is 0.625 bits per heavy atom. The van der Waals surface area contributed by atoms with Crippen molar-refractivity contribution in [2.45, 2.75) is 91.9 Å². The lowest BCUT2D eigenvalue weighted by atomic mass is 9.43. The average Bonchev–Trinajstić information content (AvgIpc) is 3.16. The first-order chi connectivity index (χ1) is 26.6. The molecule has 9 rings (SSSR count). The van der Waals surface area contributed by atoms with Gasteiger partial charge in [0.1, 0.15) is 5.69 Å². The van der Waals surface area contributed by atoms with Gasteiger partial charge < -0.3 is 4.90 Å². The molecule has 278 valence electrons. The zero-order chi connectivity index (χ0) is 39.3. The smallest absolute Gasteiger partial charge is 0.311 e. The van der Waals surface area contributed by atoms with E-state index in [0.29, 0.717) is 0 Å². The van der Waals surface area contributed by atoms with Crippen LogP contribution in [0.1, 0.15) is 108 Å². The third-order valence-electron chi connectivity index (χ3n) is 12.1. The SMILES string of the molecule is Cc1cc2c3c(c1)N(c1ccc(C(C)(C)C)cc1)c1ccc(C(C)(C)C)cc1B3[N+]1=C(c3ccccn3)C/C(=C/c3ccc(C(C)(C)C)cc3)c3cccc-2c31. The summed E-state index contributed by atoms with van der Waals surface area (Å²) in [7, 11) is 0. The zero-order valence-corrected chi connectivity index (χ0v) is 34.8. The molecular formula is C52H53BN3+. The standard InChI is InChI=1S/C52H53BN3/c1-33-28-42-41-15-13-14-40-35(30-34-17-19-36(20-18-34)50(2,3)4)31-46(44-16-11-12-27-54-44)56(49(40)41)53-43-32-38(52(8,9)10)23-26-45(43)55(47(29-33)48(42)53)39-24-21-37(22-25-39)51(5,6)7/h11-30,32H,31H2,1-10H3/q+1/b35-30-. The van der Waals surface area contributed by atoms with Crippen LogP contribution in [0.4, 0.5) is 22.7 Å². The molecule has 0 aliphatic carbocycles. The fraction of sp³-hybridized carbons (Fsp3) is 0.269. The lowest BCUT2D eigenvalue weighted by Crippen LogP contribution is -2.60. The Hall–Kier alpha value is -5.48. The highest BCUT2D eigenvalue weighted by atomic mass is 15.2. The minimum atomic E-state index is -0.0405. The molecule has 4 heteroatoms. The first kappa shape index (κ1) is 36.2. The minimum Gasteiger partial charge on any atom is -0.311 e. The second-order valence-corrected chi connectivity index (χ2v) is 19.3. The summed E-state index contributed by atoms with van der Waals surface area (Å²) in [4.78, 5) is 7.60. The summed E-state index contributed by atoms with van der Waals surface area (Å²) in [6, 6.07) is 43.8. The molecule has 0 bridgehead atoms. The molecule has 0 unspecified atom stereocenters. The quantitative estimate of drug-likeness (QED) is 0.169. The van der Waals surface area contributed by atoms with Crippen molar-refractivity contribution in [2.75, 3.05) is 4.90 Å². The summed E-state index contributed by atoms with van der Waals surface area (Å²) in [6.45, 7) is 22.9. The van der Waals surface area contributed by atoms with Gasteiger partial charge in [0, 0.05) is 39.7 Å². The molecule has 4 heterocycles. The third kappa shape index (κ3) is 5.97. The van der Waals surface area contributed by atoms with Crippen LogP contribution >= 0.6 is 0 Å². The van der Waals surface area contributed by atoms with Gasteiger partial charge in [0.05, 0.1) is 12.0 Å². The summed E-state index contributed by atoms with van der Waals surface area (Å²) >= 11 is 0. The number of anilines is 3. The fourth-order valence-corrected chi connectivity index (χ4v) is 9.08. The van der Waals surface area contributed by atoms with Gasteiger partial charge >= 0.3 is 6.85 Å². The van der Waals surface area contributed by atoms with E-state index in [1.807, 2.05) is 12.3 Å². The molecule has 3 aliphatic heterocycles. The van der Waals surface area contributed by atoms with Crippen molar-refractivity contribution < 1.29 is 4.49 Å². The minimum absolute atomic E-state index is 0.0177. The molecule has 0 spiro atoms. The van der Waals surface area contributed by atoms with Gasteiger partial charge in [-0.1, -0.05) is 135 Å². The predicted octanol–water partition coefficient (Wildman–Crippen LogP) is 11.9. The van der Waals surface area contributed by atoms with Crippen LogP contribution in [-0.4, -0.2) is 22.0 Å². The summed E-state index contributed by atoms with van der Waals surface area (Å²) in [5.74, 6) is 0. The highest BCUT2D eigenvalue weighted by Crippen LogP contribution is 2.49. The third-order valence-corrected chi connectivity index (χ3v) is 12.1. The number of allylic oxidation sites excluding steroid dienone is 1. The number of hydrogen-bond acceptors (Lipinski definition) is 2. The predicted molar refractivity (Wildman–Crippen MR) is 240 cm³/mol. The maximum atomic E-state index is 5.07. The molecule has 56 heavy (non-hydrogen) atoms. The summed E-state index contributed by atoms with van der Waals surface area (Å²) in [5.41, 5.74) is 21.8. The lowest BCUT2D eigenvalue weighted by molar-refractivity contribution is -0.283. The van der Waals surface area contributed by atoms with Crippen LogP contribution in [0.25, 0.3) is 22.8 Å². The van der Waals surface area contributed by atoms with Crippen molar-refractivity contribution in [1.29, 1.82) is 0 Å². The fourth-order valence-electron chi connectivity index (χ4n) is 9.08. The van der Waals surface area contributed by atoms with Crippen molar-refractivity contribution in [3.63, 3.8) is 0 Å². The van der Waals surface area contributed by atoms with Crippen LogP contribution in [0, 0.1) is 6.92 Å². The van der Waals surface area contributed by atoms with E-state index in [2.05, 4.69) is 194 Å². The van der Waals surface area contributed by atoms with Gasteiger partial charge in [0.2, 0.25) is 0 Å². The van der Waals surface area contributed by atoms with Gasteiger partial charge in [-0.3, -0.25) is 9.47 Å². The summed E-state index contributed by atoms with van der Waals surface area (Å²) in [6.07, 6.45) is 5.13. The van der Waals surface area contributed by atoms with E-state index in [-0.39, 0.29) is 23.1 Å². The van der Waals surface area contributed by atoms with Gasteiger partial charge in [0.25, 0.3) is 0 Å². The van der Waals surface area contributed by atoms with Gasteiger partial charge in [0.15, 0.2) is 11.4 Å². The number of fused-ring (bicyclic) bond motifs is 4. The summed E-state index contributed by atoms with van der Waals surface area (Å²) < 4.78 is 2.68. The molecule has 0 saturated carbocycles. The van der Waals surface area contributed by atoms with Gasteiger partial charge in [-0.25, -0.2) is 0 Å². The Kier molecular flexibility index (Phi) is 8.26. The Labute approximate surface area is 334 Å². The molecule has 0 fully saturated rings. The Morgan fingerprint density at radius 2 is 1.27 bits per heavy atom. The maximum Gasteiger partial charge on any atom is 0.564 e. The molecule has 3 aliphatic rings. The van der Waals surface area contributed by atoms with Crippen molar-refractivity contribution in [2.24, 2.45) is 0 Å². The largest absolute Gasteiger partial charge is 0.564 e. The first-order valence-corrected chi connectivity index (χ1v) is 20.3. The van der Waals surface area contributed by atoms with Crippen LogP contribution in [0.5, 0.6) is 0 Å². The monoisotopic (exact) mass is 730 g/mol. The van der Waals surface area contributed by atoms with E-state index in [0.717, 1.165) is 12.1 Å². The normalized spacial score (nSPS) is 15.5. The van der Waals surface area contributed by atoms with Gasteiger partial charge in [-0.15, -0.1) is 0 Å². The number of rotatable bonds is 3. The van der Waals surface area contributed by atoms with Crippen molar-refractivity contribution in [3.05, 3.63) is 161 Å². The molecule has 6 aromatic rings. The van der Waals surface area contributed by atoms with E-state index in [9.17, 15) is 0 Å². The number of aryl methyl sites for hydroxylation is 1. The average molecular weight is 731 g/mol. The number of aromatic nitrogens is 1. The second-order valence-electron chi connectivity index (χ2n) is 19.3. The molecule has 3 nitrogen and oxygen atoms in total. The molecule has 0 atom stereocenters. The molecule has 1 aromatic heterocycles. The molecule has 0 N–H and O–H groups in total. The number of benzene rings is 5. The van der Waals surface area contributed by atoms with Crippen LogP contribution < -0.4 is 15.8 Å². The van der Waals surface area contributed by atoms with Crippen LogP contribution in [0.3, 0.4) is 0 Å². The second kappa shape index (κ2) is 12.8. The zero-order valence-electron chi connectivity index (χ0n) is 34.8. The van der Waals surface area contributed by atoms with Gasteiger partial charge in [-0.2, -0.15) is 0 Å². The van der Waals surface area contributed by atoms with E-state index in [4.69, 9.17) is 4.98 Å². The first-order valence-electron chi connectivity index (χ1n) is 20.3. The van der Waals surface area contributed by atoms with Crippen molar-refractivity contribution in [3.8, 4) is 11.1 Å². The number of nitrogens with zero attached hydrogens (tertiary/aromatic N) is 3. The topological polar surface area (TPSA) is 19.1 Å². The van der Waals surface area contributed by atoms with Crippen molar-refractivity contribution in [1.82, 2.24) is 4.98 Å².